The van der Waals surface area contributed by atoms with Crippen LogP contribution in [0.15, 0.2) is 47.1 Å². The molecule has 0 unspecified atom stereocenters. The maximum absolute atomic E-state index is 5.84. The van der Waals surface area contributed by atoms with Crippen molar-refractivity contribution in [3.05, 3.63) is 58.2 Å². The summed E-state index contributed by atoms with van der Waals surface area (Å²) >= 11 is 3.46. The maximum Gasteiger partial charge on any atom is 0.218 e. The number of halogens is 1. The highest BCUT2D eigenvalue weighted by atomic mass is 79.9. The molecule has 1 aromatic heterocycles. The number of pyridine rings is 1. The third kappa shape index (κ3) is 4.62. The summed E-state index contributed by atoms with van der Waals surface area (Å²) in [4.78, 5) is 4.32. The predicted octanol–water partition coefficient (Wildman–Crippen LogP) is 3.92. The van der Waals surface area contributed by atoms with Crippen molar-refractivity contribution in [2.24, 2.45) is 0 Å². The van der Waals surface area contributed by atoms with Crippen molar-refractivity contribution in [3.63, 3.8) is 0 Å². The zero-order chi connectivity index (χ0) is 14.4. The van der Waals surface area contributed by atoms with Gasteiger partial charge in [-0.15, -0.1) is 0 Å². The zero-order valence-electron chi connectivity index (χ0n) is 11.8. The summed E-state index contributed by atoms with van der Waals surface area (Å²) in [5.74, 6) is 0.695. The number of hydrogen-bond donors (Lipinski definition) is 1. The molecule has 106 valence electrons. The number of ether oxygens (including phenoxy) is 1. The summed E-state index contributed by atoms with van der Waals surface area (Å²) in [6, 6.07) is 12.5. The molecule has 0 saturated carbocycles. The standard InChI is InChI=1S/C16H19BrN2O/c1-12(2)19-10-14-6-4-8-18-16(14)20-11-13-5-3-7-15(17)9-13/h3-9,12,19H,10-11H2,1-2H3. The lowest BCUT2D eigenvalue weighted by molar-refractivity contribution is 0.289. The molecule has 1 aromatic carbocycles. The summed E-state index contributed by atoms with van der Waals surface area (Å²) < 4.78 is 6.90. The summed E-state index contributed by atoms with van der Waals surface area (Å²) in [6.07, 6.45) is 1.76. The van der Waals surface area contributed by atoms with Crippen molar-refractivity contribution in [3.8, 4) is 5.88 Å². The first-order valence-corrected chi connectivity index (χ1v) is 7.49. The SMILES string of the molecule is CC(C)NCc1cccnc1OCc1cccc(Br)c1. The van der Waals surface area contributed by atoms with Crippen LogP contribution in [-0.2, 0) is 13.2 Å². The van der Waals surface area contributed by atoms with Crippen LogP contribution in [0.1, 0.15) is 25.0 Å². The van der Waals surface area contributed by atoms with Gasteiger partial charge in [-0.25, -0.2) is 4.98 Å². The largest absolute Gasteiger partial charge is 0.473 e. The second-order valence-corrected chi connectivity index (χ2v) is 5.84. The van der Waals surface area contributed by atoms with Gasteiger partial charge in [0.25, 0.3) is 0 Å². The second kappa shape index (κ2) is 7.41. The highest BCUT2D eigenvalue weighted by Gasteiger charge is 2.05. The molecule has 4 heteroatoms. The van der Waals surface area contributed by atoms with Crippen molar-refractivity contribution in [2.45, 2.75) is 33.0 Å². The van der Waals surface area contributed by atoms with Crippen molar-refractivity contribution >= 4 is 15.9 Å². The Labute approximate surface area is 128 Å². The molecule has 1 N–H and O–H groups in total. The predicted molar refractivity (Wildman–Crippen MR) is 84.7 cm³/mol. The van der Waals surface area contributed by atoms with Gasteiger partial charge in [-0.2, -0.15) is 0 Å². The molecule has 0 aliphatic heterocycles. The van der Waals surface area contributed by atoms with Gasteiger partial charge in [-0.3, -0.25) is 0 Å². The quantitative estimate of drug-likeness (QED) is 0.869. The van der Waals surface area contributed by atoms with Gasteiger partial charge in [-0.05, 0) is 23.8 Å². The third-order valence-electron chi connectivity index (χ3n) is 2.82. The Kier molecular flexibility index (Phi) is 5.56. The molecular formula is C16H19BrN2O. The smallest absolute Gasteiger partial charge is 0.218 e. The molecule has 0 aliphatic carbocycles. The van der Waals surface area contributed by atoms with Crippen LogP contribution in [0.4, 0.5) is 0 Å². The molecule has 20 heavy (non-hydrogen) atoms. The van der Waals surface area contributed by atoms with Gasteiger partial charge in [0.1, 0.15) is 6.61 Å². The van der Waals surface area contributed by atoms with E-state index in [0.29, 0.717) is 18.5 Å². The molecule has 0 amide bonds. The van der Waals surface area contributed by atoms with Crippen molar-refractivity contribution in [2.75, 3.05) is 0 Å². The summed E-state index contributed by atoms with van der Waals surface area (Å²) in [5, 5.41) is 3.38. The molecule has 0 bridgehead atoms. The average Bonchev–Trinajstić information content (AvgIpc) is 2.44. The molecular weight excluding hydrogens is 316 g/mol. The molecule has 0 spiro atoms. The van der Waals surface area contributed by atoms with Crippen LogP contribution in [0.2, 0.25) is 0 Å². The van der Waals surface area contributed by atoms with Crippen LogP contribution in [0.25, 0.3) is 0 Å². The lowest BCUT2D eigenvalue weighted by Gasteiger charge is -2.12. The van der Waals surface area contributed by atoms with Crippen molar-refractivity contribution in [1.29, 1.82) is 0 Å². The first-order valence-electron chi connectivity index (χ1n) is 6.69. The van der Waals surface area contributed by atoms with Crippen LogP contribution >= 0.6 is 15.9 Å². The topological polar surface area (TPSA) is 34.2 Å². The summed E-state index contributed by atoms with van der Waals surface area (Å²) in [6.45, 7) is 5.53. The Morgan fingerprint density at radius 1 is 1.25 bits per heavy atom. The van der Waals surface area contributed by atoms with E-state index in [-0.39, 0.29) is 0 Å². The second-order valence-electron chi connectivity index (χ2n) is 4.92. The van der Waals surface area contributed by atoms with Crippen LogP contribution in [0.3, 0.4) is 0 Å². The normalized spacial score (nSPS) is 10.8. The van der Waals surface area contributed by atoms with Gasteiger partial charge in [0, 0.05) is 28.8 Å². The molecule has 0 fully saturated rings. The fourth-order valence-corrected chi connectivity index (χ4v) is 2.23. The van der Waals surface area contributed by atoms with E-state index in [9.17, 15) is 0 Å². The van der Waals surface area contributed by atoms with E-state index in [1.165, 1.54) is 0 Å². The number of benzene rings is 1. The Balaban J connectivity index is 2.02. The Bertz CT molecular complexity index is 558. The average molecular weight is 335 g/mol. The molecule has 2 aromatic rings. The lowest BCUT2D eigenvalue weighted by Crippen LogP contribution is -2.22. The van der Waals surface area contributed by atoms with Crippen LogP contribution < -0.4 is 10.1 Å². The van der Waals surface area contributed by atoms with E-state index in [2.05, 4.69) is 46.1 Å². The maximum atomic E-state index is 5.84. The van der Waals surface area contributed by atoms with E-state index in [1.54, 1.807) is 6.20 Å². The Morgan fingerprint density at radius 2 is 2.10 bits per heavy atom. The molecule has 3 nitrogen and oxygen atoms in total. The van der Waals surface area contributed by atoms with E-state index in [1.807, 2.05) is 30.3 Å². The summed E-state index contributed by atoms with van der Waals surface area (Å²) in [7, 11) is 0. The van der Waals surface area contributed by atoms with Gasteiger partial charge in [0.2, 0.25) is 5.88 Å². The van der Waals surface area contributed by atoms with Gasteiger partial charge in [0.15, 0.2) is 0 Å². The molecule has 0 saturated heterocycles. The minimum atomic E-state index is 0.438. The number of nitrogens with one attached hydrogen (secondary N) is 1. The van der Waals surface area contributed by atoms with Gasteiger partial charge in [0.05, 0.1) is 0 Å². The molecule has 1 heterocycles. The van der Waals surface area contributed by atoms with E-state index in [0.717, 1.165) is 22.1 Å². The number of hydrogen-bond acceptors (Lipinski definition) is 3. The number of rotatable bonds is 6. The van der Waals surface area contributed by atoms with Crippen LogP contribution in [0, 0.1) is 0 Å². The highest BCUT2D eigenvalue weighted by Crippen LogP contribution is 2.17. The monoisotopic (exact) mass is 334 g/mol. The fourth-order valence-electron chi connectivity index (χ4n) is 1.78. The van der Waals surface area contributed by atoms with Gasteiger partial charge in [-0.1, -0.05) is 48.0 Å². The van der Waals surface area contributed by atoms with E-state index >= 15 is 0 Å². The number of aromatic nitrogens is 1. The minimum Gasteiger partial charge on any atom is -0.473 e. The highest BCUT2D eigenvalue weighted by molar-refractivity contribution is 9.10. The first kappa shape index (κ1) is 15.0. The Morgan fingerprint density at radius 3 is 2.85 bits per heavy atom. The molecule has 2 rings (SSSR count). The van der Waals surface area contributed by atoms with Crippen LogP contribution in [0.5, 0.6) is 5.88 Å². The van der Waals surface area contributed by atoms with Crippen molar-refractivity contribution in [1.82, 2.24) is 10.3 Å². The number of nitrogens with zero attached hydrogens (tertiary/aromatic N) is 1. The molecule has 0 atom stereocenters. The van der Waals surface area contributed by atoms with Crippen molar-refractivity contribution < 1.29 is 4.74 Å². The zero-order valence-corrected chi connectivity index (χ0v) is 13.4. The fraction of sp³-hybridized carbons (Fsp3) is 0.312. The van der Waals surface area contributed by atoms with E-state index in [4.69, 9.17) is 4.74 Å². The third-order valence-corrected chi connectivity index (χ3v) is 3.31. The molecule has 0 radical (unpaired) electrons. The minimum absolute atomic E-state index is 0.438. The van der Waals surface area contributed by atoms with Gasteiger partial charge < -0.3 is 10.1 Å². The van der Waals surface area contributed by atoms with Gasteiger partial charge >= 0.3 is 0 Å². The summed E-state index contributed by atoms with van der Waals surface area (Å²) in [5.41, 5.74) is 2.20. The van der Waals surface area contributed by atoms with E-state index < -0.39 is 0 Å². The lowest BCUT2D eigenvalue weighted by atomic mass is 10.2. The Hall–Kier alpha value is -1.39. The molecule has 0 aliphatic rings. The van der Waals surface area contributed by atoms with Crippen LogP contribution in [-0.4, -0.2) is 11.0 Å². The first-order chi connectivity index (χ1) is 9.65.